The minimum atomic E-state index is 0.572. The van der Waals surface area contributed by atoms with Crippen molar-refractivity contribution in [3.63, 3.8) is 0 Å². The maximum Gasteiger partial charge on any atom is 0.0576 e. The summed E-state index contributed by atoms with van der Waals surface area (Å²) in [6.45, 7) is 7.10. The van der Waals surface area contributed by atoms with Crippen LogP contribution in [0.3, 0.4) is 0 Å². The van der Waals surface area contributed by atoms with Crippen molar-refractivity contribution in [2.45, 2.75) is 70.1 Å². The van der Waals surface area contributed by atoms with Crippen molar-refractivity contribution in [1.29, 1.82) is 0 Å². The summed E-state index contributed by atoms with van der Waals surface area (Å²) >= 11 is 0. The number of nitrogens with one attached hydrogen (secondary N) is 1. The van der Waals surface area contributed by atoms with E-state index in [2.05, 4.69) is 17.1 Å². The van der Waals surface area contributed by atoms with Gasteiger partial charge in [0.1, 0.15) is 0 Å². The van der Waals surface area contributed by atoms with Crippen LogP contribution in [0.5, 0.6) is 0 Å². The van der Waals surface area contributed by atoms with Crippen molar-refractivity contribution in [2.24, 2.45) is 5.92 Å². The summed E-state index contributed by atoms with van der Waals surface area (Å²) in [5.74, 6) is 0.985. The third-order valence-corrected chi connectivity index (χ3v) is 5.22. The van der Waals surface area contributed by atoms with Gasteiger partial charge in [-0.2, -0.15) is 0 Å². The lowest BCUT2D eigenvalue weighted by Crippen LogP contribution is -2.57. The fourth-order valence-electron chi connectivity index (χ4n) is 3.77. The zero-order valence-electron chi connectivity index (χ0n) is 12.4. The molecule has 3 nitrogen and oxygen atoms in total. The van der Waals surface area contributed by atoms with Gasteiger partial charge in [0.15, 0.2) is 0 Å². The molecule has 2 aliphatic heterocycles. The smallest absolute Gasteiger partial charge is 0.0576 e. The van der Waals surface area contributed by atoms with Gasteiger partial charge in [-0.25, -0.2) is 0 Å². The molecule has 0 aromatic carbocycles. The first-order valence-electron chi connectivity index (χ1n) is 8.46. The van der Waals surface area contributed by atoms with Crippen LogP contribution in [-0.2, 0) is 4.74 Å². The molecule has 0 aromatic heterocycles. The monoisotopic (exact) mass is 266 g/mol. The lowest BCUT2D eigenvalue weighted by molar-refractivity contribution is 0.0851. The Balaban J connectivity index is 1.42. The van der Waals surface area contributed by atoms with E-state index in [9.17, 15) is 0 Å². The van der Waals surface area contributed by atoms with Crippen LogP contribution in [0.1, 0.15) is 51.9 Å². The maximum atomic E-state index is 5.73. The topological polar surface area (TPSA) is 24.5 Å². The summed E-state index contributed by atoms with van der Waals surface area (Å²) in [6, 6.07) is 1.55. The Labute approximate surface area is 118 Å². The molecular formula is C16H30N2O. The zero-order chi connectivity index (χ0) is 13.1. The lowest BCUT2D eigenvalue weighted by atomic mass is 10.0. The standard InChI is InChI=1S/C16H30N2O/c1-2-14-11-17-16(13-7-8-13)12-18(14)9-3-5-15-6-4-10-19-15/h13-17H,2-12H2,1H3. The summed E-state index contributed by atoms with van der Waals surface area (Å²) < 4.78 is 5.73. The Morgan fingerprint density at radius 2 is 2.16 bits per heavy atom. The second-order valence-corrected chi connectivity index (χ2v) is 6.69. The van der Waals surface area contributed by atoms with E-state index in [1.165, 1.54) is 64.6 Å². The molecule has 3 atom stereocenters. The zero-order valence-corrected chi connectivity index (χ0v) is 12.4. The summed E-state index contributed by atoms with van der Waals surface area (Å²) in [7, 11) is 0. The molecule has 19 heavy (non-hydrogen) atoms. The van der Waals surface area contributed by atoms with Crippen molar-refractivity contribution >= 4 is 0 Å². The van der Waals surface area contributed by atoms with E-state index in [1.807, 2.05) is 0 Å². The first-order chi connectivity index (χ1) is 9.36. The van der Waals surface area contributed by atoms with Gasteiger partial charge in [0, 0.05) is 31.8 Å². The van der Waals surface area contributed by atoms with Gasteiger partial charge in [-0.05, 0) is 57.4 Å². The van der Waals surface area contributed by atoms with E-state index in [0.717, 1.165) is 24.6 Å². The highest BCUT2D eigenvalue weighted by molar-refractivity contribution is 4.94. The van der Waals surface area contributed by atoms with Crippen LogP contribution in [-0.4, -0.2) is 49.3 Å². The summed E-state index contributed by atoms with van der Waals surface area (Å²) in [4.78, 5) is 2.76. The fraction of sp³-hybridized carbons (Fsp3) is 1.00. The highest BCUT2D eigenvalue weighted by Gasteiger charge is 2.36. The van der Waals surface area contributed by atoms with E-state index in [-0.39, 0.29) is 0 Å². The predicted octanol–water partition coefficient (Wildman–Crippen LogP) is 2.41. The molecule has 2 heterocycles. The van der Waals surface area contributed by atoms with Crippen LogP contribution in [0.15, 0.2) is 0 Å². The van der Waals surface area contributed by atoms with Crippen LogP contribution in [0, 0.1) is 5.92 Å². The van der Waals surface area contributed by atoms with Gasteiger partial charge < -0.3 is 10.1 Å². The van der Waals surface area contributed by atoms with Crippen molar-refractivity contribution in [3.05, 3.63) is 0 Å². The Hall–Kier alpha value is -0.120. The van der Waals surface area contributed by atoms with Gasteiger partial charge in [0.05, 0.1) is 6.10 Å². The maximum absolute atomic E-state index is 5.73. The molecule has 0 radical (unpaired) electrons. The number of hydrogen-bond acceptors (Lipinski definition) is 3. The van der Waals surface area contributed by atoms with Gasteiger partial charge in [0.25, 0.3) is 0 Å². The second kappa shape index (κ2) is 6.55. The van der Waals surface area contributed by atoms with Crippen molar-refractivity contribution in [3.8, 4) is 0 Å². The molecule has 0 bridgehead atoms. The lowest BCUT2D eigenvalue weighted by Gasteiger charge is -2.40. The first kappa shape index (κ1) is 13.8. The van der Waals surface area contributed by atoms with Gasteiger partial charge in [-0.3, -0.25) is 4.90 Å². The Bertz CT molecular complexity index is 274. The van der Waals surface area contributed by atoms with Gasteiger partial charge >= 0.3 is 0 Å². The first-order valence-corrected chi connectivity index (χ1v) is 8.46. The summed E-state index contributed by atoms with van der Waals surface area (Å²) in [5, 5.41) is 3.78. The van der Waals surface area contributed by atoms with Crippen LogP contribution < -0.4 is 5.32 Å². The van der Waals surface area contributed by atoms with E-state index in [1.54, 1.807) is 0 Å². The summed E-state index contributed by atoms with van der Waals surface area (Å²) in [5.41, 5.74) is 0. The Kier molecular flexibility index (Phi) is 4.78. The van der Waals surface area contributed by atoms with Crippen molar-refractivity contribution in [1.82, 2.24) is 10.2 Å². The molecule has 1 N–H and O–H groups in total. The third kappa shape index (κ3) is 3.71. The molecule has 110 valence electrons. The van der Waals surface area contributed by atoms with E-state index in [0.29, 0.717) is 6.10 Å². The number of ether oxygens (including phenoxy) is 1. The fourth-order valence-corrected chi connectivity index (χ4v) is 3.77. The number of piperazine rings is 1. The largest absolute Gasteiger partial charge is 0.378 e. The molecule has 2 saturated heterocycles. The molecule has 1 saturated carbocycles. The van der Waals surface area contributed by atoms with Crippen LogP contribution >= 0.6 is 0 Å². The molecule has 1 aliphatic carbocycles. The molecule has 3 fully saturated rings. The minimum absolute atomic E-state index is 0.572. The SMILES string of the molecule is CCC1CNC(C2CC2)CN1CCCC1CCCO1. The van der Waals surface area contributed by atoms with E-state index >= 15 is 0 Å². The quantitative estimate of drug-likeness (QED) is 0.799. The van der Waals surface area contributed by atoms with Crippen LogP contribution in [0.4, 0.5) is 0 Å². The van der Waals surface area contributed by atoms with Crippen LogP contribution in [0.25, 0.3) is 0 Å². The predicted molar refractivity (Wildman–Crippen MR) is 78.4 cm³/mol. The van der Waals surface area contributed by atoms with E-state index in [4.69, 9.17) is 4.74 Å². The highest BCUT2D eigenvalue weighted by atomic mass is 16.5. The minimum Gasteiger partial charge on any atom is -0.378 e. The number of nitrogens with zero attached hydrogens (tertiary/aromatic N) is 1. The molecule has 3 unspecified atom stereocenters. The van der Waals surface area contributed by atoms with Gasteiger partial charge in [0.2, 0.25) is 0 Å². The van der Waals surface area contributed by atoms with Crippen molar-refractivity contribution < 1.29 is 4.74 Å². The van der Waals surface area contributed by atoms with Gasteiger partial charge in [-0.1, -0.05) is 6.92 Å². The molecular weight excluding hydrogens is 236 g/mol. The average Bonchev–Trinajstić information content (AvgIpc) is 3.17. The average molecular weight is 266 g/mol. The molecule has 3 aliphatic rings. The normalized spacial score (nSPS) is 36.8. The number of hydrogen-bond donors (Lipinski definition) is 1. The van der Waals surface area contributed by atoms with E-state index < -0.39 is 0 Å². The van der Waals surface area contributed by atoms with Gasteiger partial charge in [-0.15, -0.1) is 0 Å². The molecule has 3 rings (SSSR count). The molecule has 0 spiro atoms. The van der Waals surface area contributed by atoms with Crippen molar-refractivity contribution in [2.75, 3.05) is 26.2 Å². The summed E-state index contributed by atoms with van der Waals surface area (Å²) in [6.07, 6.45) is 9.93. The second-order valence-electron chi connectivity index (χ2n) is 6.69. The highest BCUT2D eigenvalue weighted by Crippen LogP contribution is 2.34. The molecule has 0 amide bonds. The Morgan fingerprint density at radius 1 is 1.26 bits per heavy atom. The molecule has 3 heteroatoms. The Morgan fingerprint density at radius 3 is 2.84 bits per heavy atom. The third-order valence-electron chi connectivity index (χ3n) is 5.22. The molecule has 0 aromatic rings. The number of rotatable bonds is 6. The van der Waals surface area contributed by atoms with Crippen LogP contribution in [0.2, 0.25) is 0 Å².